The van der Waals surface area contributed by atoms with E-state index in [0.717, 1.165) is 9.86 Å². The molecule has 0 atom stereocenters. The zero-order valence-electron chi connectivity index (χ0n) is 11.9. The van der Waals surface area contributed by atoms with Crippen LogP contribution in [0.4, 0.5) is 0 Å². The third-order valence-corrected chi connectivity index (χ3v) is 3.66. The van der Waals surface area contributed by atoms with Gasteiger partial charge in [-0.2, -0.15) is 5.10 Å². The summed E-state index contributed by atoms with van der Waals surface area (Å²) in [7, 11) is 0. The van der Waals surface area contributed by atoms with Crippen molar-refractivity contribution < 1.29 is 9.90 Å². The van der Waals surface area contributed by atoms with Crippen LogP contribution in [0.25, 0.3) is 10.9 Å². The van der Waals surface area contributed by atoms with E-state index in [-0.39, 0.29) is 11.7 Å². The van der Waals surface area contributed by atoms with Crippen molar-refractivity contribution in [2.45, 2.75) is 0 Å². The predicted octanol–water partition coefficient (Wildman–Crippen LogP) is 3.47. The van der Waals surface area contributed by atoms with Crippen molar-refractivity contribution in [3.05, 3.63) is 70.3 Å². The fraction of sp³-hybridized carbons (Fsp3) is 0. The van der Waals surface area contributed by atoms with E-state index in [9.17, 15) is 9.90 Å². The zero-order valence-corrected chi connectivity index (χ0v) is 13.5. The molecule has 2 aromatic carbocycles. The normalized spacial score (nSPS) is 11.0. The third-order valence-electron chi connectivity index (χ3n) is 3.17. The standard InChI is InChI=1S/C17H12BrN3O2/c18-13-5-1-4-12(9-13)17(23)21-19-10-14-8-7-11-3-2-6-15(22)16(11)20-14/h1-10,22H,(H,21,23). The van der Waals surface area contributed by atoms with Crippen LogP contribution in [0.3, 0.4) is 0 Å². The molecular formula is C17H12BrN3O2. The smallest absolute Gasteiger partial charge is 0.271 e. The summed E-state index contributed by atoms with van der Waals surface area (Å²) in [6.45, 7) is 0. The zero-order chi connectivity index (χ0) is 16.2. The molecule has 1 aromatic heterocycles. The molecule has 0 aliphatic carbocycles. The summed E-state index contributed by atoms with van der Waals surface area (Å²) in [5.74, 6) is -0.206. The van der Waals surface area contributed by atoms with Gasteiger partial charge < -0.3 is 5.11 Å². The number of phenols is 1. The first kappa shape index (κ1) is 15.2. The first-order valence-electron chi connectivity index (χ1n) is 6.81. The summed E-state index contributed by atoms with van der Waals surface area (Å²) in [4.78, 5) is 16.2. The second-order valence-corrected chi connectivity index (χ2v) is 5.71. The lowest BCUT2D eigenvalue weighted by molar-refractivity contribution is 0.0955. The summed E-state index contributed by atoms with van der Waals surface area (Å²) in [6.07, 6.45) is 1.43. The lowest BCUT2D eigenvalue weighted by Gasteiger charge is -2.02. The Balaban J connectivity index is 1.75. The van der Waals surface area contributed by atoms with Crippen LogP contribution in [0.1, 0.15) is 16.1 Å². The van der Waals surface area contributed by atoms with Gasteiger partial charge in [0.05, 0.1) is 11.9 Å². The number of aromatic hydroxyl groups is 1. The van der Waals surface area contributed by atoms with Gasteiger partial charge in [0.1, 0.15) is 11.3 Å². The van der Waals surface area contributed by atoms with Gasteiger partial charge in [-0.15, -0.1) is 0 Å². The average molecular weight is 370 g/mol. The number of hydrazone groups is 1. The molecule has 23 heavy (non-hydrogen) atoms. The number of phenolic OH excluding ortho intramolecular Hbond substituents is 1. The second kappa shape index (κ2) is 6.58. The highest BCUT2D eigenvalue weighted by Gasteiger charge is 2.04. The molecule has 0 radical (unpaired) electrons. The molecule has 0 unspecified atom stereocenters. The molecular weight excluding hydrogens is 358 g/mol. The van der Waals surface area contributed by atoms with Crippen molar-refractivity contribution in [2.75, 3.05) is 0 Å². The average Bonchev–Trinajstić information content (AvgIpc) is 2.55. The molecule has 2 N–H and O–H groups in total. The van der Waals surface area contributed by atoms with Crippen LogP contribution in [0, 0.1) is 0 Å². The Morgan fingerprint density at radius 2 is 2.00 bits per heavy atom. The first-order valence-corrected chi connectivity index (χ1v) is 7.60. The van der Waals surface area contributed by atoms with Gasteiger partial charge in [0.2, 0.25) is 0 Å². The monoisotopic (exact) mass is 369 g/mol. The molecule has 3 rings (SSSR count). The van der Waals surface area contributed by atoms with Crippen molar-refractivity contribution in [2.24, 2.45) is 5.10 Å². The summed E-state index contributed by atoms with van der Waals surface area (Å²) < 4.78 is 0.820. The quantitative estimate of drug-likeness (QED) is 0.548. The Hall–Kier alpha value is -2.73. The minimum atomic E-state index is -0.314. The van der Waals surface area contributed by atoms with Crippen LogP contribution in [-0.2, 0) is 0 Å². The number of hydrogen-bond acceptors (Lipinski definition) is 4. The Labute approximate surface area is 140 Å². The molecule has 3 aromatic rings. The van der Waals surface area contributed by atoms with Crippen molar-refractivity contribution in [1.82, 2.24) is 10.4 Å². The van der Waals surface area contributed by atoms with Crippen molar-refractivity contribution in [3.8, 4) is 5.75 Å². The van der Waals surface area contributed by atoms with Crippen LogP contribution in [-0.4, -0.2) is 22.2 Å². The fourth-order valence-corrected chi connectivity index (χ4v) is 2.47. The van der Waals surface area contributed by atoms with Crippen molar-refractivity contribution in [3.63, 3.8) is 0 Å². The van der Waals surface area contributed by atoms with Crippen LogP contribution in [0.5, 0.6) is 5.75 Å². The highest BCUT2D eigenvalue weighted by molar-refractivity contribution is 9.10. The van der Waals surface area contributed by atoms with Crippen LogP contribution >= 0.6 is 15.9 Å². The Morgan fingerprint density at radius 1 is 1.17 bits per heavy atom. The summed E-state index contributed by atoms with van der Waals surface area (Å²) in [5, 5.41) is 14.5. The molecule has 0 saturated heterocycles. The van der Waals surface area contributed by atoms with Crippen molar-refractivity contribution in [1.29, 1.82) is 0 Å². The van der Waals surface area contributed by atoms with E-state index >= 15 is 0 Å². The van der Waals surface area contributed by atoms with Gasteiger partial charge in [0.15, 0.2) is 0 Å². The number of fused-ring (bicyclic) bond motifs is 1. The van der Waals surface area contributed by atoms with Crippen molar-refractivity contribution >= 4 is 39.0 Å². The van der Waals surface area contributed by atoms with E-state index in [4.69, 9.17) is 0 Å². The van der Waals surface area contributed by atoms with Crippen LogP contribution < -0.4 is 5.43 Å². The molecule has 1 heterocycles. The van der Waals surface area contributed by atoms with Gasteiger partial charge in [0, 0.05) is 15.4 Å². The number of halogens is 1. The SMILES string of the molecule is O=C(NN=Cc1ccc2cccc(O)c2n1)c1cccc(Br)c1. The maximum absolute atomic E-state index is 11.9. The van der Waals surface area contributed by atoms with Crippen LogP contribution in [0.15, 0.2) is 64.2 Å². The number of nitrogens with one attached hydrogen (secondary N) is 1. The number of para-hydroxylation sites is 1. The van der Waals surface area contributed by atoms with E-state index < -0.39 is 0 Å². The molecule has 0 bridgehead atoms. The maximum atomic E-state index is 11.9. The summed E-state index contributed by atoms with van der Waals surface area (Å²) in [5.41, 5.74) is 3.98. The fourth-order valence-electron chi connectivity index (χ4n) is 2.07. The van der Waals surface area contributed by atoms with E-state index in [1.807, 2.05) is 18.2 Å². The number of aromatic nitrogens is 1. The number of nitrogens with zero attached hydrogens (tertiary/aromatic N) is 2. The lowest BCUT2D eigenvalue weighted by atomic mass is 10.2. The van der Waals surface area contributed by atoms with E-state index in [0.29, 0.717) is 16.8 Å². The molecule has 0 saturated carbocycles. The summed E-state index contributed by atoms with van der Waals surface area (Å²) >= 11 is 3.31. The number of hydrogen-bond donors (Lipinski definition) is 2. The number of amides is 1. The second-order valence-electron chi connectivity index (χ2n) is 4.79. The molecule has 0 aliphatic heterocycles. The lowest BCUT2D eigenvalue weighted by Crippen LogP contribution is -2.17. The topological polar surface area (TPSA) is 74.6 Å². The molecule has 6 heteroatoms. The van der Waals surface area contributed by atoms with E-state index in [1.165, 1.54) is 6.21 Å². The molecule has 114 valence electrons. The predicted molar refractivity (Wildman–Crippen MR) is 92.6 cm³/mol. The van der Waals surface area contributed by atoms with Gasteiger partial charge in [0.25, 0.3) is 5.91 Å². The van der Waals surface area contributed by atoms with Gasteiger partial charge in [-0.05, 0) is 30.3 Å². The molecule has 1 amide bonds. The first-order chi connectivity index (χ1) is 11.1. The minimum Gasteiger partial charge on any atom is -0.506 e. The highest BCUT2D eigenvalue weighted by atomic mass is 79.9. The number of carbonyl (C=O) groups is 1. The number of pyridine rings is 1. The number of benzene rings is 2. The third kappa shape index (κ3) is 3.54. The van der Waals surface area contributed by atoms with Gasteiger partial charge in [-0.25, -0.2) is 10.4 Å². The minimum absolute atomic E-state index is 0.107. The number of rotatable bonds is 3. The Morgan fingerprint density at radius 3 is 2.83 bits per heavy atom. The largest absolute Gasteiger partial charge is 0.506 e. The van der Waals surface area contributed by atoms with E-state index in [2.05, 4.69) is 31.4 Å². The molecule has 0 spiro atoms. The van der Waals surface area contributed by atoms with Gasteiger partial charge in [-0.1, -0.05) is 40.2 Å². The Kier molecular flexibility index (Phi) is 4.34. The number of carbonyl (C=O) groups excluding carboxylic acids is 1. The van der Waals surface area contributed by atoms with Gasteiger partial charge in [-0.3, -0.25) is 4.79 Å². The summed E-state index contributed by atoms with van der Waals surface area (Å²) in [6, 6.07) is 15.8. The van der Waals surface area contributed by atoms with Gasteiger partial charge >= 0.3 is 0 Å². The highest BCUT2D eigenvalue weighted by Crippen LogP contribution is 2.21. The maximum Gasteiger partial charge on any atom is 0.271 e. The van der Waals surface area contributed by atoms with Crippen LogP contribution in [0.2, 0.25) is 0 Å². The molecule has 5 nitrogen and oxygen atoms in total. The Bertz CT molecular complexity index is 909. The molecule has 0 fully saturated rings. The molecule has 0 aliphatic rings. The van der Waals surface area contributed by atoms with E-state index in [1.54, 1.807) is 36.4 Å².